The molecule has 1 heterocycles. The van der Waals surface area contributed by atoms with Crippen molar-refractivity contribution in [1.82, 2.24) is 20.7 Å². The van der Waals surface area contributed by atoms with Gasteiger partial charge in [-0.2, -0.15) is 5.21 Å². The Kier molecular flexibility index (Phi) is 4.10. The molecule has 0 aliphatic carbocycles. The first kappa shape index (κ1) is 13.8. The molecule has 6 heteroatoms. The van der Waals surface area contributed by atoms with E-state index in [1.54, 1.807) is 0 Å². The summed E-state index contributed by atoms with van der Waals surface area (Å²) in [4.78, 5) is 12.2. The maximum absolute atomic E-state index is 12.2. The fourth-order valence-electron chi connectivity index (χ4n) is 2.00. The van der Waals surface area contributed by atoms with Gasteiger partial charge < -0.3 is 10.6 Å². The molecule has 3 aromatic rings. The Morgan fingerprint density at radius 2 is 1.64 bits per heavy atom. The zero-order valence-electron chi connectivity index (χ0n) is 11.8. The summed E-state index contributed by atoms with van der Waals surface area (Å²) in [7, 11) is 0. The molecule has 0 aliphatic heterocycles. The molecule has 0 spiro atoms. The molecule has 3 N–H and O–H groups in total. The number of H-pyrrole nitrogens is 1. The number of anilines is 2. The van der Waals surface area contributed by atoms with Crippen molar-refractivity contribution in [3.8, 4) is 0 Å². The number of aromatic amines is 1. The smallest absolute Gasteiger partial charge is 0.275 e. The monoisotopic (exact) mass is 293 g/mol. The fourth-order valence-corrected chi connectivity index (χ4v) is 2.00. The second kappa shape index (κ2) is 6.53. The van der Waals surface area contributed by atoms with E-state index in [9.17, 15) is 4.79 Å². The first-order valence-electron chi connectivity index (χ1n) is 6.88. The van der Waals surface area contributed by atoms with Gasteiger partial charge in [0.15, 0.2) is 11.5 Å². The van der Waals surface area contributed by atoms with Crippen LogP contribution in [0.1, 0.15) is 16.1 Å². The third-order valence-electron chi connectivity index (χ3n) is 3.10. The largest absolute Gasteiger partial charge is 0.346 e. The Hall–Kier alpha value is -3.15. The summed E-state index contributed by atoms with van der Waals surface area (Å²) in [5, 5.41) is 16.3. The van der Waals surface area contributed by atoms with Crippen molar-refractivity contribution in [1.29, 1.82) is 0 Å². The molecule has 0 atom stereocenters. The lowest BCUT2D eigenvalue weighted by Crippen LogP contribution is -2.24. The van der Waals surface area contributed by atoms with E-state index in [4.69, 9.17) is 0 Å². The second-order valence-corrected chi connectivity index (χ2v) is 4.68. The van der Waals surface area contributed by atoms with Gasteiger partial charge in [0.2, 0.25) is 0 Å². The van der Waals surface area contributed by atoms with Crippen molar-refractivity contribution in [2.45, 2.75) is 6.54 Å². The molecule has 1 aromatic heterocycles. The van der Waals surface area contributed by atoms with Crippen LogP contribution in [-0.2, 0) is 6.54 Å². The molecule has 0 unspecified atom stereocenters. The number of para-hydroxylation sites is 1. The molecule has 6 nitrogen and oxygen atoms in total. The minimum Gasteiger partial charge on any atom is -0.346 e. The van der Waals surface area contributed by atoms with E-state index >= 15 is 0 Å². The second-order valence-electron chi connectivity index (χ2n) is 4.68. The number of nitrogens with one attached hydrogen (secondary N) is 3. The van der Waals surface area contributed by atoms with E-state index in [2.05, 4.69) is 26.0 Å². The summed E-state index contributed by atoms with van der Waals surface area (Å²) in [5.74, 6) is 0.118. The normalized spacial score (nSPS) is 10.2. The average Bonchev–Trinajstić information content (AvgIpc) is 3.03. The number of benzene rings is 2. The minimum absolute atomic E-state index is 0.236. The molecule has 0 saturated carbocycles. The third-order valence-corrected chi connectivity index (χ3v) is 3.10. The predicted molar refractivity (Wildman–Crippen MR) is 83.7 cm³/mol. The van der Waals surface area contributed by atoms with Crippen LogP contribution >= 0.6 is 0 Å². The lowest BCUT2D eigenvalue weighted by Gasteiger charge is -2.06. The summed E-state index contributed by atoms with van der Waals surface area (Å²) in [5.41, 5.74) is 2.10. The first-order valence-corrected chi connectivity index (χ1v) is 6.88. The highest BCUT2D eigenvalue weighted by molar-refractivity contribution is 5.97. The molecule has 22 heavy (non-hydrogen) atoms. The zero-order chi connectivity index (χ0) is 15.2. The summed E-state index contributed by atoms with van der Waals surface area (Å²) >= 11 is 0. The van der Waals surface area contributed by atoms with E-state index in [1.165, 1.54) is 0 Å². The molecule has 1 amide bonds. The van der Waals surface area contributed by atoms with Gasteiger partial charge in [-0.25, -0.2) is 0 Å². The highest BCUT2D eigenvalue weighted by Crippen LogP contribution is 2.16. The summed E-state index contributed by atoms with van der Waals surface area (Å²) in [6, 6.07) is 19.2. The number of carbonyl (C=O) groups is 1. The maximum Gasteiger partial charge on any atom is 0.275 e. The van der Waals surface area contributed by atoms with Crippen molar-refractivity contribution in [2.75, 3.05) is 5.32 Å². The van der Waals surface area contributed by atoms with Crippen molar-refractivity contribution >= 4 is 17.4 Å². The predicted octanol–water partition coefficient (Wildman–Crippen LogP) is 2.48. The Labute approximate surface area is 127 Å². The van der Waals surface area contributed by atoms with Gasteiger partial charge in [-0.1, -0.05) is 48.5 Å². The van der Waals surface area contributed by atoms with Crippen LogP contribution in [0.3, 0.4) is 0 Å². The van der Waals surface area contributed by atoms with Crippen LogP contribution in [0.2, 0.25) is 0 Å². The van der Waals surface area contributed by atoms with E-state index in [1.807, 2.05) is 60.7 Å². The molecule has 3 rings (SSSR count). The number of hydrogen-bond donors (Lipinski definition) is 3. The molecule has 110 valence electrons. The minimum atomic E-state index is -0.281. The molecule has 0 bridgehead atoms. The highest BCUT2D eigenvalue weighted by atomic mass is 16.2. The molecular formula is C16H15N5O. The quantitative estimate of drug-likeness (QED) is 0.675. The Balaban J connectivity index is 1.67. The Morgan fingerprint density at radius 1 is 0.955 bits per heavy atom. The maximum atomic E-state index is 12.2. The standard InChI is InChI=1S/C16H15N5O/c22-16(17-11-12-7-3-1-4-8-12)14-15(20-21-19-14)18-13-9-5-2-6-10-13/h1-10H,11H2,(H,17,22)(H2,18,19,20,21). The van der Waals surface area contributed by atoms with Crippen LogP contribution in [0.5, 0.6) is 0 Å². The number of aromatic nitrogens is 3. The Bertz CT molecular complexity index is 739. The lowest BCUT2D eigenvalue weighted by molar-refractivity contribution is 0.0946. The van der Waals surface area contributed by atoms with Crippen LogP contribution in [-0.4, -0.2) is 21.3 Å². The number of rotatable bonds is 5. The topological polar surface area (TPSA) is 82.7 Å². The number of amides is 1. The van der Waals surface area contributed by atoms with Gasteiger partial charge >= 0.3 is 0 Å². The fraction of sp³-hybridized carbons (Fsp3) is 0.0625. The summed E-state index contributed by atoms with van der Waals surface area (Å²) in [6.45, 7) is 0.442. The summed E-state index contributed by atoms with van der Waals surface area (Å²) in [6.07, 6.45) is 0. The first-order chi connectivity index (χ1) is 10.8. The van der Waals surface area contributed by atoms with Crippen molar-refractivity contribution in [2.24, 2.45) is 0 Å². The Morgan fingerprint density at radius 3 is 2.36 bits per heavy atom. The van der Waals surface area contributed by atoms with Crippen molar-refractivity contribution in [3.05, 3.63) is 71.9 Å². The van der Waals surface area contributed by atoms with E-state index < -0.39 is 0 Å². The molecule has 0 saturated heterocycles. The van der Waals surface area contributed by atoms with Crippen LogP contribution in [0.25, 0.3) is 0 Å². The van der Waals surface area contributed by atoms with Crippen LogP contribution in [0.15, 0.2) is 60.7 Å². The van der Waals surface area contributed by atoms with Gasteiger partial charge in [0.25, 0.3) is 5.91 Å². The van der Waals surface area contributed by atoms with E-state index in [0.29, 0.717) is 12.4 Å². The lowest BCUT2D eigenvalue weighted by atomic mass is 10.2. The number of carbonyl (C=O) groups excluding carboxylic acids is 1. The van der Waals surface area contributed by atoms with Gasteiger partial charge in [0, 0.05) is 12.2 Å². The average molecular weight is 293 g/mol. The molecule has 0 aliphatic rings. The van der Waals surface area contributed by atoms with E-state index in [-0.39, 0.29) is 11.6 Å². The number of hydrogen-bond acceptors (Lipinski definition) is 4. The third kappa shape index (κ3) is 3.29. The molecule has 0 radical (unpaired) electrons. The van der Waals surface area contributed by atoms with Crippen LogP contribution < -0.4 is 10.6 Å². The van der Waals surface area contributed by atoms with Gasteiger partial charge in [0.05, 0.1) is 0 Å². The number of nitrogens with zero attached hydrogens (tertiary/aromatic N) is 2. The summed E-state index contributed by atoms with van der Waals surface area (Å²) < 4.78 is 0. The molecule has 0 fully saturated rings. The van der Waals surface area contributed by atoms with Crippen molar-refractivity contribution in [3.63, 3.8) is 0 Å². The molecular weight excluding hydrogens is 278 g/mol. The van der Waals surface area contributed by atoms with Gasteiger partial charge in [-0.15, -0.1) is 10.2 Å². The van der Waals surface area contributed by atoms with E-state index in [0.717, 1.165) is 11.3 Å². The highest BCUT2D eigenvalue weighted by Gasteiger charge is 2.16. The van der Waals surface area contributed by atoms with Crippen molar-refractivity contribution < 1.29 is 4.79 Å². The SMILES string of the molecule is O=C(NCc1ccccc1)c1n[nH]nc1Nc1ccccc1. The van der Waals surface area contributed by atoms with Crippen LogP contribution in [0, 0.1) is 0 Å². The van der Waals surface area contributed by atoms with Gasteiger partial charge in [-0.05, 0) is 17.7 Å². The van der Waals surface area contributed by atoms with Gasteiger partial charge in [-0.3, -0.25) is 4.79 Å². The zero-order valence-corrected chi connectivity index (χ0v) is 11.8. The van der Waals surface area contributed by atoms with Crippen LogP contribution in [0.4, 0.5) is 11.5 Å². The van der Waals surface area contributed by atoms with Gasteiger partial charge in [0.1, 0.15) is 0 Å². The molecule has 2 aromatic carbocycles.